The fourth-order valence-corrected chi connectivity index (χ4v) is 3.77. The Hall–Kier alpha value is -2.91. The Balaban J connectivity index is 1.66. The van der Waals surface area contributed by atoms with Gasteiger partial charge in [0, 0.05) is 10.4 Å². The SMILES string of the molecule is O=C(N[C@@H](c1ccccc1)c1cccs1)c1ccc2ccccc2c1. The van der Waals surface area contributed by atoms with Gasteiger partial charge in [-0.3, -0.25) is 4.79 Å². The van der Waals surface area contributed by atoms with Crippen LogP contribution in [0.1, 0.15) is 26.8 Å². The molecular weight excluding hydrogens is 326 g/mol. The van der Waals surface area contributed by atoms with E-state index in [0.717, 1.165) is 21.2 Å². The van der Waals surface area contributed by atoms with Crippen LogP contribution < -0.4 is 5.32 Å². The van der Waals surface area contributed by atoms with Crippen molar-refractivity contribution in [3.63, 3.8) is 0 Å². The first-order valence-electron chi connectivity index (χ1n) is 8.19. The van der Waals surface area contributed by atoms with E-state index in [1.807, 2.05) is 78.2 Å². The molecule has 3 heteroatoms. The number of hydrogen-bond donors (Lipinski definition) is 1. The van der Waals surface area contributed by atoms with Crippen molar-refractivity contribution in [3.8, 4) is 0 Å². The fraction of sp³-hybridized carbons (Fsp3) is 0.0455. The summed E-state index contributed by atoms with van der Waals surface area (Å²) >= 11 is 1.65. The van der Waals surface area contributed by atoms with E-state index in [0.29, 0.717) is 5.56 Å². The van der Waals surface area contributed by atoms with E-state index in [1.54, 1.807) is 11.3 Å². The average molecular weight is 343 g/mol. The number of benzene rings is 3. The number of hydrogen-bond acceptors (Lipinski definition) is 2. The molecule has 25 heavy (non-hydrogen) atoms. The summed E-state index contributed by atoms with van der Waals surface area (Å²) in [6, 6.07) is 27.9. The van der Waals surface area contributed by atoms with Crippen LogP contribution in [0.2, 0.25) is 0 Å². The zero-order valence-corrected chi connectivity index (χ0v) is 14.4. The van der Waals surface area contributed by atoms with Crippen molar-refractivity contribution in [2.24, 2.45) is 0 Å². The summed E-state index contributed by atoms with van der Waals surface area (Å²) in [5.74, 6) is -0.0620. The zero-order chi connectivity index (χ0) is 17.1. The summed E-state index contributed by atoms with van der Waals surface area (Å²) in [7, 11) is 0. The molecule has 0 unspecified atom stereocenters. The first kappa shape index (κ1) is 15.6. The van der Waals surface area contributed by atoms with Crippen LogP contribution >= 0.6 is 11.3 Å². The molecule has 1 aromatic heterocycles. The van der Waals surface area contributed by atoms with Gasteiger partial charge in [0.1, 0.15) is 0 Å². The first-order chi connectivity index (χ1) is 12.3. The second-order valence-corrected chi connectivity index (χ2v) is 6.87. The molecule has 4 rings (SSSR count). The molecule has 0 fully saturated rings. The Morgan fingerprint density at radius 1 is 0.800 bits per heavy atom. The van der Waals surface area contributed by atoms with Crippen LogP contribution in [0.25, 0.3) is 10.8 Å². The van der Waals surface area contributed by atoms with Gasteiger partial charge in [-0.05, 0) is 39.9 Å². The Labute approximate surface area is 150 Å². The van der Waals surface area contributed by atoms with Crippen LogP contribution in [0.3, 0.4) is 0 Å². The van der Waals surface area contributed by atoms with Crippen molar-refractivity contribution < 1.29 is 4.79 Å². The van der Waals surface area contributed by atoms with Gasteiger partial charge in [-0.1, -0.05) is 66.7 Å². The van der Waals surface area contributed by atoms with Gasteiger partial charge in [0.25, 0.3) is 5.91 Å². The highest BCUT2D eigenvalue weighted by molar-refractivity contribution is 7.10. The smallest absolute Gasteiger partial charge is 0.252 e. The largest absolute Gasteiger partial charge is 0.340 e. The molecule has 0 saturated heterocycles. The lowest BCUT2D eigenvalue weighted by Gasteiger charge is -2.18. The van der Waals surface area contributed by atoms with Crippen molar-refractivity contribution in [3.05, 3.63) is 106 Å². The summed E-state index contributed by atoms with van der Waals surface area (Å²) in [6.07, 6.45) is 0. The maximum atomic E-state index is 12.9. The van der Waals surface area contributed by atoms with Gasteiger partial charge >= 0.3 is 0 Å². The molecule has 122 valence electrons. The van der Waals surface area contributed by atoms with E-state index in [9.17, 15) is 4.79 Å². The Morgan fingerprint density at radius 2 is 1.56 bits per heavy atom. The van der Waals surface area contributed by atoms with E-state index in [2.05, 4.69) is 17.4 Å². The van der Waals surface area contributed by atoms with Gasteiger partial charge in [0.05, 0.1) is 6.04 Å². The summed E-state index contributed by atoms with van der Waals surface area (Å²) in [5, 5.41) is 7.43. The first-order valence-corrected chi connectivity index (χ1v) is 9.07. The highest BCUT2D eigenvalue weighted by Gasteiger charge is 2.18. The van der Waals surface area contributed by atoms with E-state index >= 15 is 0 Å². The van der Waals surface area contributed by atoms with Crippen LogP contribution in [0.4, 0.5) is 0 Å². The van der Waals surface area contributed by atoms with Gasteiger partial charge in [0.2, 0.25) is 0 Å². The molecule has 0 radical (unpaired) electrons. The maximum Gasteiger partial charge on any atom is 0.252 e. The van der Waals surface area contributed by atoms with Crippen LogP contribution in [-0.2, 0) is 0 Å². The minimum absolute atomic E-state index is 0.0620. The molecule has 1 amide bonds. The third kappa shape index (κ3) is 3.32. The molecule has 0 spiro atoms. The lowest BCUT2D eigenvalue weighted by Crippen LogP contribution is -2.28. The minimum Gasteiger partial charge on any atom is -0.340 e. The van der Waals surface area contributed by atoms with E-state index in [4.69, 9.17) is 0 Å². The molecule has 0 aliphatic heterocycles. The van der Waals surface area contributed by atoms with E-state index in [1.165, 1.54) is 0 Å². The fourth-order valence-electron chi connectivity index (χ4n) is 2.96. The van der Waals surface area contributed by atoms with Crippen molar-refractivity contribution in [2.45, 2.75) is 6.04 Å². The lowest BCUT2D eigenvalue weighted by molar-refractivity contribution is 0.0943. The van der Waals surface area contributed by atoms with Gasteiger partial charge < -0.3 is 5.32 Å². The van der Waals surface area contributed by atoms with Gasteiger partial charge in [-0.2, -0.15) is 0 Å². The molecule has 0 saturated carbocycles. The van der Waals surface area contributed by atoms with Crippen LogP contribution in [0.15, 0.2) is 90.3 Å². The number of carbonyl (C=O) groups is 1. The topological polar surface area (TPSA) is 29.1 Å². The van der Waals surface area contributed by atoms with Crippen LogP contribution in [0, 0.1) is 0 Å². The predicted molar refractivity (Wildman–Crippen MR) is 104 cm³/mol. The quantitative estimate of drug-likeness (QED) is 0.526. The number of rotatable bonds is 4. The number of amides is 1. The third-order valence-corrected chi connectivity index (χ3v) is 5.18. The van der Waals surface area contributed by atoms with Crippen molar-refractivity contribution in [1.29, 1.82) is 0 Å². The number of thiophene rings is 1. The molecule has 1 heterocycles. The molecular formula is C22H17NOS. The van der Waals surface area contributed by atoms with E-state index in [-0.39, 0.29) is 11.9 Å². The maximum absolute atomic E-state index is 12.9. The van der Waals surface area contributed by atoms with Crippen LogP contribution in [0.5, 0.6) is 0 Å². The minimum atomic E-state index is -0.139. The van der Waals surface area contributed by atoms with Gasteiger partial charge in [-0.25, -0.2) is 0 Å². The van der Waals surface area contributed by atoms with Crippen molar-refractivity contribution in [2.75, 3.05) is 0 Å². The monoisotopic (exact) mass is 343 g/mol. The normalized spacial score (nSPS) is 12.0. The Kier molecular flexibility index (Phi) is 4.32. The average Bonchev–Trinajstić information content (AvgIpc) is 3.20. The van der Waals surface area contributed by atoms with Crippen molar-refractivity contribution in [1.82, 2.24) is 5.32 Å². The zero-order valence-electron chi connectivity index (χ0n) is 13.6. The lowest BCUT2D eigenvalue weighted by atomic mass is 10.0. The Morgan fingerprint density at radius 3 is 2.32 bits per heavy atom. The third-order valence-electron chi connectivity index (χ3n) is 4.25. The highest BCUT2D eigenvalue weighted by atomic mass is 32.1. The summed E-state index contributed by atoms with van der Waals surface area (Å²) < 4.78 is 0. The molecule has 3 aromatic carbocycles. The molecule has 0 aliphatic rings. The molecule has 0 aliphatic carbocycles. The standard InChI is InChI=1S/C22H17NOS/c24-22(19-13-12-16-7-4-5-10-18(16)15-19)23-21(20-11-6-14-25-20)17-8-2-1-3-9-17/h1-15,21H,(H,23,24)/t21-/m0/s1. The second-order valence-electron chi connectivity index (χ2n) is 5.89. The van der Waals surface area contributed by atoms with Crippen LogP contribution in [-0.4, -0.2) is 5.91 Å². The summed E-state index contributed by atoms with van der Waals surface area (Å²) in [4.78, 5) is 14.0. The van der Waals surface area contributed by atoms with E-state index < -0.39 is 0 Å². The van der Waals surface area contributed by atoms with Gasteiger partial charge in [0.15, 0.2) is 0 Å². The molecule has 1 N–H and O–H groups in total. The summed E-state index contributed by atoms with van der Waals surface area (Å²) in [6.45, 7) is 0. The number of fused-ring (bicyclic) bond motifs is 1. The second kappa shape index (κ2) is 6.91. The Bertz CT molecular complexity index is 993. The molecule has 0 bridgehead atoms. The number of nitrogens with one attached hydrogen (secondary N) is 1. The van der Waals surface area contributed by atoms with Gasteiger partial charge in [-0.15, -0.1) is 11.3 Å². The molecule has 2 nitrogen and oxygen atoms in total. The predicted octanol–water partition coefficient (Wildman–Crippen LogP) is 5.42. The summed E-state index contributed by atoms with van der Waals surface area (Å²) in [5.41, 5.74) is 1.76. The molecule has 1 atom stereocenters. The number of carbonyl (C=O) groups excluding carboxylic acids is 1. The molecule has 4 aromatic rings. The van der Waals surface area contributed by atoms with Crippen molar-refractivity contribution >= 4 is 28.0 Å². The highest BCUT2D eigenvalue weighted by Crippen LogP contribution is 2.26.